The summed E-state index contributed by atoms with van der Waals surface area (Å²) in [6.45, 7) is 0. The van der Waals surface area contributed by atoms with Crippen LogP contribution in [0.5, 0.6) is 0 Å². The van der Waals surface area contributed by atoms with Gasteiger partial charge in [0, 0.05) is 17.1 Å². The first kappa shape index (κ1) is 21.0. The highest BCUT2D eigenvalue weighted by atomic mass is 35.5. The minimum atomic E-state index is -4.61. The molecule has 3 rings (SSSR count). The molecular weight excluding hydrogens is 421 g/mol. The van der Waals surface area contributed by atoms with Crippen molar-refractivity contribution in [2.24, 2.45) is 0 Å². The summed E-state index contributed by atoms with van der Waals surface area (Å²) in [5.74, 6) is -0.762. The van der Waals surface area contributed by atoms with Crippen LogP contribution in [0.2, 0.25) is 5.02 Å². The molecule has 0 radical (unpaired) electrons. The Morgan fingerprint density at radius 3 is 2.29 bits per heavy atom. The fraction of sp³-hybridized carbons (Fsp3) is 0.353. The van der Waals surface area contributed by atoms with E-state index in [9.17, 15) is 31.8 Å². The van der Waals surface area contributed by atoms with Crippen molar-refractivity contribution >= 4 is 21.6 Å². The number of nitrogens with zero attached hydrogens (tertiary/aromatic N) is 1. The van der Waals surface area contributed by atoms with Crippen molar-refractivity contribution < 1.29 is 31.8 Å². The number of aliphatic hydroxyl groups excluding tert-OH is 2. The van der Waals surface area contributed by atoms with Crippen LogP contribution in [0.3, 0.4) is 0 Å². The number of nitrogens with one attached hydrogen (secondary N) is 1. The lowest BCUT2D eigenvalue weighted by atomic mass is 9.95. The first-order chi connectivity index (χ1) is 13.0. The number of sulfonamides is 1. The predicted molar refractivity (Wildman–Crippen MR) is 94.2 cm³/mol. The van der Waals surface area contributed by atoms with Crippen LogP contribution in [0.25, 0.3) is 0 Å². The maximum Gasteiger partial charge on any atom is 0.433 e. The highest BCUT2D eigenvalue weighted by Gasteiger charge is 2.44. The van der Waals surface area contributed by atoms with E-state index >= 15 is 0 Å². The van der Waals surface area contributed by atoms with E-state index in [4.69, 9.17) is 11.6 Å². The summed E-state index contributed by atoms with van der Waals surface area (Å²) in [7, 11) is -4.07. The molecule has 0 aliphatic heterocycles. The van der Waals surface area contributed by atoms with Crippen LogP contribution in [0.4, 0.5) is 13.2 Å². The van der Waals surface area contributed by atoms with Crippen LogP contribution < -0.4 is 4.72 Å². The monoisotopic (exact) mass is 436 g/mol. The van der Waals surface area contributed by atoms with Gasteiger partial charge in [-0.3, -0.25) is 4.98 Å². The highest BCUT2D eigenvalue weighted by Crippen LogP contribution is 2.37. The standard InChI is InChI=1S/C17H16ClF3N2O4S/c18-10-2-4-11(5-3-10)28(26,27)23-15-12(7-13(24)16(15)25)9-1-6-14(22-8-9)17(19,20)21/h1-6,8,12-13,15-16,23-25H,7H2/t12-,13-,15-,16-/m1/s1. The van der Waals surface area contributed by atoms with Gasteiger partial charge in [0.15, 0.2) is 0 Å². The van der Waals surface area contributed by atoms with Gasteiger partial charge < -0.3 is 10.2 Å². The van der Waals surface area contributed by atoms with E-state index in [1.165, 1.54) is 24.3 Å². The van der Waals surface area contributed by atoms with Gasteiger partial charge in [0.2, 0.25) is 10.0 Å². The summed E-state index contributed by atoms with van der Waals surface area (Å²) in [6.07, 6.45) is -6.35. The maximum absolute atomic E-state index is 12.7. The third-order valence-electron chi connectivity index (χ3n) is 4.61. The lowest BCUT2D eigenvalue weighted by Crippen LogP contribution is -2.45. The molecule has 3 N–H and O–H groups in total. The number of pyridine rings is 1. The summed E-state index contributed by atoms with van der Waals surface area (Å²) >= 11 is 5.75. The molecule has 0 saturated heterocycles. The molecule has 1 heterocycles. The van der Waals surface area contributed by atoms with Crippen molar-refractivity contribution in [2.45, 2.75) is 41.7 Å². The zero-order valence-electron chi connectivity index (χ0n) is 14.1. The molecule has 11 heteroatoms. The second-order valence-electron chi connectivity index (χ2n) is 6.48. The third-order valence-corrected chi connectivity index (χ3v) is 6.34. The minimum Gasteiger partial charge on any atom is -0.390 e. The molecule has 28 heavy (non-hydrogen) atoms. The second-order valence-corrected chi connectivity index (χ2v) is 8.63. The van der Waals surface area contributed by atoms with Crippen LogP contribution in [-0.2, 0) is 16.2 Å². The summed E-state index contributed by atoms with van der Waals surface area (Å²) in [4.78, 5) is 3.26. The average Bonchev–Trinajstić information content (AvgIpc) is 2.89. The van der Waals surface area contributed by atoms with Gasteiger partial charge in [0.25, 0.3) is 0 Å². The summed E-state index contributed by atoms with van der Waals surface area (Å²) in [6, 6.07) is 6.11. The summed E-state index contributed by atoms with van der Waals surface area (Å²) in [5, 5.41) is 20.6. The summed E-state index contributed by atoms with van der Waals surface area (Å²) < 4.78 is 65.6. The van der Waals surface area contributed by atoms with Gasteiger partial charge in [-0.05, 0) is 42.3 Å². The van der Waals surface area contributed by atoms with E-state index in [-0.39, 0.29) is 16.9 Å². The molecule has 0 amide bonds. The van der Waals surface area contributed by atoms with Crippen LogP contribution in [0.1, 0.15) is 23.6 Å². The number of benzene rings is 1. The Bertz CT molecular complexity index is 936. The van der Waals surface area contributed by atoms with Gasteiger partial charge in [-0.1, -0.05) is 17.7 Å². The zero-order chi connectivity index (χ0) is 20.7. The lowest BCUT2D eigenvalue weighted by molar-refractivity contribution is -0.141. The van der Waals surface area contributed by atoms with Gasteiger partial charge in [0.1, 0.15) is 5.69 Å². The van der Waals surface area contributed by atoms with Crippen LogP contribution in [0.15, 0.2) is 47.5 Å². The number of aliphatic hydroxyl groups is 2. The number of hydrogen-bond donors (Lipinski definition) is 3. The Morgan fingerprint density at radius 2 is 1.75 bits per heavy atom. The molecule has 0 bridgehead atoms. The Kier molecular flexibility index (Phi) is 5.70. The SMILES string of the molecule is O=S(=O)(N[C@H]1[C@H](O)[C@H](O)C[C@@H]1c1ccc(C(F)(F)F)nc1)c1ccc(Cl)cc1. The summed E-state index contributed by atoms with van der Waals surface area (Å²) in [5.41, 5.74) is -0.818. The minimum absolute atomic E-state index is 0.0397. The Balaban J connectivity index is 1.88. The van der Waals surface area contributed by atoms with Gasteiger partial charge in [-0.15, -0.1) is 0 Å². The fourth-order valence-corrected chi connectivity index (χ4v) is 4.59. The first-order valence-corrected chi connectivity index (χ1v) is 10.0. The van der Waals surface area contributed by atoms with Crippen LogP contribution >= 0.6 is 11.6 Å². The quantitative estimate of drug-likeness (QED) is 0.683. The van der Waals surface area contributed by atoms with E-state index < -0.39 is 46.1 Å². The normalized spacial score (nSPS) is 25.8. The number of alkyl halides is 3. The number of halogens is 4. The zero-order valence-corrected chi connectivity index (χ0v) is 15.7. The largest absolute Gasteiger partial charge is 0.433 e. The topological polar surface area (TPSA) is 99.5 Å². The molecular formula is C17H16ClF3N2O4S. The smallest absolute Gasteiger partial charge is 0.390 e. The highest BCUT2D eigenvalue weighted by molar-refractivity contribution is 7.89. The molecule has 0 spiro atoms. The van der Waals surface area contributed by atoms with Gasteiger partial charge in [-0.2, -0.15) is 13.2 Å². The maximum atomic E-state index is 12.7. The van der Waals surface area contributed by atoms with Gasteiger partial charge >= 0.3 is 6.18 Å². The third kappa shape index (κ3) is 4.31. The molecule has 0 unspecified atom stereocenters. The van der Waals surface area contributed by atoms with Crippen molar-refractivity contribution in [3.63, 3.8) is 0 Å². The van der Waals surface area contributed by atoms with E-state index in [2.05, 4.69) is 9.71 Å². The van der Waals surface area contributed by atoms with E-state index in [0.717, 1.165) is 18.3 Å². The van der Waals surface area contributed by atoms with Gasteiger partial charge in [-0.25, -0.2) is 13.1 Å². The average molecular weight is 437 g/mol. The Hall–Kier alpha value is -1.72. The Labute approximate surface area is 164 Å². The molecule has 6 nitrogen and oxygen atoms in total. The van der Waals surface area contributed by atoms with Crippen LogP contribution in [0, 0.1) is 0 Å². The molecule has 152 valence electrons. The fourth-order valence-electron chi connectivity index (χ4n) is 3.17. The number of hydrogen-bond acceptors (Lipinski definition) is 5. The molecule has 2 aromatic rings. The van der Waals surface area contributed by atoms with Crippen molar-refractivity contribution in [2.75, 3.05) is 0 Å². The number of rotatable bonds is 4. The molecule has 1 aromatic carbocycles. The number of aromatic nitrogens is 1. The van der Waals surface area contributed by atoms with Gasteiger partial charge in [0.05, 0.1) is 23.1 Å². The first-order valence-electron chi connectivity index (χ1n) is 8.16. The van der Waals surface area contributed by atoms with Crippen molar-refractivity contribution in [3.05, 3.63) is 58.9 Å². The molecule has 1 saturated carbocycles. The predicted octanol–water partition coefficient (Wildman–Crippen LogP) is 2.31. The molecule has 1 aliphatic carbocycles. The molecule has 1 fully saturated rings. The molecule has 4 atom stereocenters. The van der Waals surface area contributed by atoms with Crippen molar-refractivity contribution in [1.29, 1.82) is 0 Å². The molecule has 1 aromatic heterocycles. The lowest BCUT2D eigenvalue weighted by Gasteiger charge is -2.23. The Morgan fingerprint density at radius 1 is 1.11 bits per heavy atom. The second kappa shape index (κ2) is 7.60. The van der Waals surface area contributed by atoms with E-state index in [1.54, 1.807) is 0 Å². The van der Waals surface area contributed by atoms with E-state index in [1.807, 2.05) is 0 Å². The van der Waals surface area contributed by atoms with Crippen molar-refractivity contribution in [3.8, 4) is 0 Å². The van der Waals surface area contributed by atoms with E-state index in [0.29, 0.717) is 5.02 Å². The van der Waals surface area contributed by atoms with Crippen molar-refractivity contribution in [1.82, 2.24) is 9.71 Å². The van der Waals surface area contributed by atoms with Crippen LogP contribution in [-0.4, -0.2) is 41.9 Å². The molecule has 1 aliphatic rings.